The highest BCUT2D eigenvalue weighted by Crippen LogP contribution is 2.40. The Morgan fingerprint density at radius 2 is 1.82 bits per heavy atom. The van der Waals surface area contributed by atoms with Gasteiger partial charge < -0.3 is 15.0 Å². The number of para-hydroxylation sites is 1. The van der Waals surface area contributed by atoms with E-state index < -0.39 is 5.97 Å². The molecule has 0 fully saturated rings. The fraction of sp³-hybridized carbons (Fsp3) is 0.241. The number of benzene rings is 2. The molecule has 192 valence electrons. The van der Waals surface area contributed by atoms with E-state index in [9.17, 15) is 9.90 Å². The summed E-state index contributed by atoms with van der Waals surface area (Å²) in [6.07, 6.45) is 7.14. The van der Waals surface area contributed by atoms with E-state index in [-0.39, 0.29) is 5.56 Å². The maximum atomic E-state index is 11.3. The number of rotatable bonds is 6. The smallest absolute Gasteiger partial charge is 0.338 e. The van der Waals surface area contributed by atoms with Crippen molar-refractivity contribution in [2.75, 3.05) is 11.4 Å². The van der Waals surface area contributed by atoms with Gasteiger partial charge >= 0.3 is 5.97 Å². The van der Waals surface area contributed by atoms with Crippen LogP contribution in [-0.2, 0) is 25.8 Å². The minimum Gasteiger partial charge on any atom is -0.478 e. The van der Waals surface area contributed by atoms with E-state index in [0.717, 1.165) is 58.4 Å². The molecule has 38 heavy (non-hydrogen) atoms. The molecule has 1 aliphatic rings. The maximum absolute atomic E-state index is 11.3. The van der Waals surface area contributed by atoms with Crippen LogP contribution in [0.25, 0.3) is 27.8 Å². The van der Waals surface area contributed by atoms with Gasteiger partial charge in [0.1, 0.15) is 0 Å². The highest BCUT2D eigenvalue weighted by molar-refractivity contribution is 6.35. The van der Waals surface area contributed by atoms with Crippen LogP contribution in [0, 0.1) is 0 Å². The second kappa shape index (κ2) is 9.61. The molecule has 5 aromatic rings. The van der Waals surface area contributed by atoms with Gasteiger partial charge in [0.05, 0.1) is 33.2 Å². The number of nitrogens with zero attached hydrogens (tertiary/aromatic N) is 5. The minimum absolute atomic E-state index is 0.0687. The number of H-pyrrole nitrogens is 1. The number of anilines is 1. The van der Waals surface area contributed by atoms with Gasteiger partial charge in [-0.3, -0.25) is 0 Å². The van der Waals surface area contributed by atoms with Gasteiger partial charge in [-0.2, -0.15) is 5.10 Å². The van der Waals surface area contributed by atoms with Crippen molar-refractivity contribution in [2.45, 2.75) is 39.7 Å². The van der Waals surface area contributed by atoms with E-state index in [4.69, 9.17) is 16.7 Å². The molecular formula is C29H27ClN6O2. The standard InChI is InChI=1S/C29H27ClN6O2/c1-3-17-6-5-7-18(4-2)26(17)36-27(21-8-9-23(30)25-20(21)10-12-31-25)22-16-35(13-11-24(22)34-36)29-32-14-19(15-33-29)28(37)38/h5-10,12,14-15,31H,3-4,11,13,16H2,1-2H3,(H,37,38). The first-order chi connectivity index (χ1) is 18.5. The van der Waals surface area contributed by atoms with Crippen LogP contribution in [0.1, 0.15) is 46.6 Å². The summed E-state index contributed by atoms with van der Waals surface area (Å²) >= 11 is 6.55. The molecule has 0 radical (unpaired) electrons. The average Bonchev–Trinajstić information content (AvgIpc) is 3.58. The van der Waals surface area contributed by atoms with Crippen molar-refractivity contribution in [1.82, 2.24) is 24.7 Å². The predicted octanol–water partition coefficient (Wildman–Crippen LogP) is 5.85. The first-order valence-electron chi connectivity index (χ1n) is 12.8. The molecule has 0 unspecified atom stereocenters. The maximum Gasteiger partial charge on any atom is 0.338 e. The summed E-state index contributed by atoms with van der Waals surface area (Å²) in [5.74, 6) is -0.536. The summed E-state index contributed by atoms with van der Waals surface area (Å²) < 4.78 is 2.13. The van der Waals surface area contributed by atoms with Crippen molar-refractivity contribution in [2.24, 2.45) is 0 Å². The fourth-order valence-electron chi connectivity index (χ4n) is 5.39. The number of carboxylic acids is 1. The molecule has 6 rings (SSSR count). The number of aromatic nitrogens is 5. The zero-order chi connectivity index (χ0) is 26.4. The van der Waals surface area contributed by atoms with E-state index in [1.54, 1.807) is 0 Å². The predicted molar refractivity (Wildman–Crippen MR) is 148 cm³/mol. The highest BCUT2D eigenvalue weighted by atomic mass is 35.5. The Balaban J connectivity index is 1.57. The molecule has 3 aromatic heterocycles. The Hall–Kier alpha value is -4.17. The Bertz CT molecular complexity index is 1650. The summed E-state index contributed by atoms with van der Waals surface area (Å²) in [7, 11) is 0. The second-order valence-corrected chi connectivity index (χ2v) is 9.83. The molecule has 2 aromatic carbocycles. The normalized spacial score (nSPS) is 13.2. The molecule has 0 amide bonds. The van der Waals surface area contributed by atoms with Crippen molar-refractivity contribution >= 4 is 34.4 Å². The number of fused-ring (bicyclic) bond motifs is 2. The lowest BCUT2D eigenvalue weighted by Crippen LogP contribution is -2.31. The van der Waals surface area contributed by atoms with E-state index in [2.05, 4.69) is 68.7 Å². The van der Waals surface area contributed by atoms with Crippen molar-refractivity contribution in [3.05, 3.63) is 88.0 Å². The fourth-order valence-corrected chi connectivity index (χ4v) is 5.61. The van der Waals surface area contributed by atoms with Crippen LogP contribution in [0.3, 0.4) is 0 Å². The van der Waals surface area contributed by atoms with E-state index in [1.165, 1.54) is 23.5 Å². The summed E-state index contributed by atoms with van der Waals surface area (Å²) in [6, 6.07) is 12.5. The first-order valence-corrected chi connectivity index (χ1v) is 13.2. The Labute approximate surface area is 224 Å². The number of hydrogen-bond acceptors (Lipinski definition) is 5. The van der Waals surface area contributed by atoms with Gasteiger partial charge in [-0.15, -0.1) is 0 Å². The van der Waals surface area contributed by atoms with Gasteiger partial charge in [0.25, 0.3) is 0 Å². The van der Waals surface area contributed by atoms with E-state index in [0.29, 0.717) is 24.1 Å². The van der Waals surface area contributed by atoms with Crippen molar-refractivity contribution in [3.8, 4) is 16.9 Å². The number of nitrogens with one attached hydrogen (secondary N) is 1. The SMILES string of the molecule is CCc1cccc(CC)c1-n1nc2c(c1-c1ccc(Cl)c3[nH]ccc13)CN(c1ncc(C(=O)O)cn1)CC2. The molecule has 0 bridgehead atoms. The Kier molecular flexibility index (Phi) is 6.12. The van der Waals surface area contributed by atoms with Crippen LogP contribution in [0.4, 0.5) is 5.95 Å². The second-order valence-electron chi connectivity index (χ2n) is 9.43. The first kappa shape index (κ1) is 24.2. The Morgan fingerprint density at radius 1 is 1.08 bits per heavy atom. The monoisotopic (exact) mass is 526 g/mol. The average molecular weight is 527 g/mol. The van der Waals surface area contributed by atoms with Crippen LogP contribution in [-0.4, -0.2) is 42.4 Å². The third kappa shape index (κ3) is 3.92. The lowest BCUT2D eigenvalue weighted by molar-refractivity contribution is 0.0696. The number of aryl methyl sites for hydroxylation is 2. The highest BCUT2D eigenvalue weighted by Gasteiger charge is 2.29. The summed E-state index contributed by atoms with van der Waals surface area (Å²) in [6.45, 7) is 5.59. The third-order valence-electron chi connectivity index (χ3n) is 7.31. The molecule has 0 atom stereocenters. The number of aromatic carboxylic acids is 1. The third-order valence-corrected chi connectivity index (χ3v) is 7.62. The minimum atomic E-state index is -1.04. The number of carbonyl (C=O) groups is 1. The van der Waals surface area contributed by atoms with Crippen LogP contribution >= 0.6 is 11.6 Å². The number of aromatic amines is 1. The largest absolute Gasteiger partial charge is 0.478 e. The van der Waals surface area contributed by atoms with Crippen LogP contribution in [0.2, 0.25) is 5.02 Å². The summed E-state index contributed by atoms with van der Waals surface area (Å²) in [5, 5.41) is 16.2. The summed E-state index contributed by atoms with van der Waals surface area (Å²) in [4.78, 5) is 25.4. The molecule has 4 heterocycles. The topological polar surface area (TPSA) is 99.9 Å². The zero-order valence-corrected chi connectivity index (χ0v) is 22.0. The molecule has 9 heteroatoms. The van der Waals surface area contributed by atoms with Gasteiger partial charge in [0, 0.05) is 54.6 Å². The molecule has 0 saturated carbocycles. The lowest BCUT2D eigenvalue weighted by atomic mass is 9.97. The molecule has 0 saturated heterocycles. The van der Waals surface area contributed by atoms with E-state index in [1.807, 2.05) is 12.3 Å². The van der Waals surface area contributed by atoms with Crippen LogP contribution < -0.4 is 4.90 Å². The molecular weight excluding hydrogens is 500 g/mol. The van der Waals surface area contributed by atoms with Gasteiger partial charge in [-0.05, 0) is 36.1 Å². The van der Waals surface area contributed by atoms with Crippen molar-refractivity contribution < 1.29 is 9.90 Å². The van der Waals surface area contributed by atoms with Gasteiger partial charge in [-0.25, -0.2) is 19.4 Å². The zero-order valence-electron chi connectivity index (χ0n) is 21.2. The number of halogens is 1. The molecule has 8 nitrogen and oxygen atoms in total. The molecule has 0 spiro atoms. The van der Waals surface area contributed by atoms with Gasteiger partial charge in [-0.1, -0.05) is 49.7 Å². The number of carboxylic acid groups (broad SMARTS) is 1. The quantitative estimate of drug-likeness (QED) is 0.288. The van der Waals surface area contributed by atoms with E-state index >= 15 is 0 Å². The van der Waals surface area contributed by atoms with Gasteiger partial charge in [0.2, 0.25) is 5.95 Å². The van der Waals surface area contributed by atoms with Crippen LogP contribution in [0.5, 0.6) is 0 Å². The van der Waals surface area contributed by atoms with Crippen molar-refractivity contribution in [1.29, 1.82) is 0 Å². The Morgan fingerprint density at radius 3 is 2.50 bits per heavy atom. The molecule has 2 N–H and O–H groups in total. The molecule has 1 aliphatic heterocycles. The van der Waals surface area contributed by atoms with Crippen LogP contribution in [0.15, 0.2) is 55.0 Å². The summed E-state index contributed by atoms with van der Waals surface area (Å²) in [5.41, 5.74) is 8.83. The number of hydrogen-bond donors (Lipinski definition) is 2. The van der Waals surface area contributed by atoms with Gasteiger partial charge in [0.15, 0.2) is 0 Å². The van der Waals surface area contributed by atoms with Crippen molar-refractivity contribution in [3.63, 3.8) is 0 Å². The lowest BCUT2D eigenvalue weighted by Gasteiger charge is -2.27. The molecule has 0 aliphatic carbocycles.